The van der Waals surface area contributed by atoms with E-state index in [2.05, 4.69) is 0 Å². The third-order valence-electron chi connectivity index (χ3n) is 4.44. The van der Waals surface area contributed by atoms with Gasteiger partial charge in [0.05, 0.1) is 38.9 Å². The molecule has 1 heterocycles. The van der Waals surface area contributed by atoms with Crippen molar-refractivity contribution in [1.29, 1.82) is 0 Å². The molecule has 0 aliphatic carbocycles. The van der Waals surface area contributed by atoms with Gasteiger partial charge in [0.2, 0.25) is 5.75 Å². The number of phenolic OH excluding ortho intramolecular Hbond substituents is 1. The summed E-state index contributed by atoms with van der Waals surface area (Å²) >= 11 is 0. The molecular weight excluding hydrogens is 312 g/mol. The molecule has 1 atom stereocenters. The molecule has 24 heavy (non-hydrogen) atoms. The quantitative estimate of drug-likeness (QED) is 0.873. The fraction of sp³-hybridized carbons (Fsp3) is 0.333. The van der Waals surface area contributed by atoms with Crippen molar-refractivity contribution in [2.24, 2.45) is 0 Å². The Bertz CT molecular complexity index is 740. The van der Waals surface area contributed by atoms with Gasteiger partial charge in [0.15, 0.2) is 11.5 Å². The van der Waals surface area contributed by atoms with Gasteiger partial charge in [-0.15, -0.1) is 0 Å². The van der Waals surface area contributed by atoms with Gasteiger partial charge < -0.3 is 29.2 Å². The average Bonchev–Trinajstić information content (AvgIpc) is 3.00. The molecule has 0 saturated heterocycles. The highest BCUT2D eigenvalue weighted by Crippen LogP contribution is 2.54. The first-order chi connectivity index (χ1) is 11.6. The van der Waals surface area contributed by atoms with E-state index in [-0.39, 0.29) is 19.0 Å². The molecule has 1 aliphatic rings. The summed E-state index contributed by atoms with van der Waals surface area (Å²) in [5.41, 5.74) is 0.705. The Labute approximate surface area is 140 Å². The lowest BCUT2D eigenvalue weighted by molar-refractivity contribution is 0.183. The van der Waals surface area contributed by atoms with Gasteiger partial charge in [0.25, 0.3) is 0 Å². The number of hydrogen-bond donors (Lipinski definition) is 2. The summed E-state index contributed by atoms with van der Waals surface area (Å²) in [5.74, 6) is 2.14. The lowest BCUT2D eigenvalue weighted by Crippen LogP contribution is -2.34. The molecule has 0 spiro atoms. The van der Waals surface area contributed by atoms with Crippen molar-refractivity contribution in [1.82, 2.24) is 0 Å². The predicted octanol–water partition coefficient (Wildman–Crippen LogP) is 2.09. The first-order valence-electron chi connectivity index (χ1n) is 7.48. The minimum Gasteiger partial charge on any atom is -0.508 e. The Morgan fingerprint density at radius 1 is 1.04 bits per heavy atom. The topological polar surface area (TPSA) is 77.4 Å². The first-order valence-corrected chi connectivity index (χ1v) is 7.48. The number of rotatable bonds is 5. The normalized spacial score (nSPS) is 18.7. The summed E-state index contributed by atoms with van der Waals surface area (Å²) in [7, 11) is 4.61. The van der Waals surface area contributed by atoms with Crippen LogP contribution in [0.4, 0.5) is 0 Å². The van der Waals surface area contributed by atoms with E-state index in [1.54, 1.807) is 30.3 Å². The van der Waals surface area contributed by atoms with Crippen LogP contribution in [0, 0.1) is 0 Å². The Hall–Kier alpha value is -2.60. The van der Waals surface area contributed by atoms with Crippen LogP contribution in [0.2, 0.25) is 0 Å². The molecule has 2 N–H and O–H groups in total. The number of hydrogen-bond acceptors (Lipinski definition) is 6. The van der Waals surface area contributed by atoms with Gasteiger partial charge >= 0.3 is 0 Å². The van der Waals surface area contributed by atoms with E-state index in [0.29, 0.717) is 28.6 Å². The minimum absolute atomic E-state index is 0.158. The fourth-order valence-corrected chi connectivity index (χ4v) is 3.20. The van der Waals surface area contributed by atoms with Crippen molar-refractivity contribution in [3.63, 3.8) is 0 Å². The van der Waals surface area contributed by atoms with E-state index in [1.165, 1.54) is 21.3 Å². The van der Waals surface area contributed by atoms with Crippen LogP contribution in [0.25, 0.3) is 0 Å². The summed E-state index contributed by atoms with van der Waals surface area (Å²) in [5, 5.41) is 19.8. The Morgan fingerprint density at radius 3 is 2.25 bits per heavy atom. The molecule has 128 valence electrons. The van der Waals surface area contributed by atoms with Crippen molar-refractivity contribution in [2.45, 2.75) is 5.41 Å². The molecule has 0 bridgehead atoms. The van der Waals surface area contributed by atoms with Crippen LogP contribution in [0.15, 0.2) is 30.3 Å². The lowest BCUT2D eigenvalue weighted by atomic mass is 9.76. The molecule has 1 unspecified atom stereocenters. The van der Waals surface area contributed by atoms with Crippen LogP contribution in [0.5, 0.6) is 28.7 Å². The molecule has 0 fully saturated rings. The minimum atomic E-state index is -0.812. The number of phenols is 1. The number of fused-ring (bicyclic) bond motifs is 1. The summed E-state index contributed by atoms with van der Waals surface area (Å²) < 4.78 is 22.2. The predicted molar refractivity (Wildman–Crippen MR) is 87.6 cm³/mol. The zero-order chi connectivity index (χ0) is 17.3. The lowest BCUT2D eigenvalue weighted by Gasteiger charge is -2.28. The summed E-state index contributed by atoms with van der Waals surface area (Å²) in [6.07, 6.45) is 0. The van der Waals surface area contributed by atoms with Gasteiger partial charge in [-0.3, -0.25) is 0 Å². The highest BCUT2D eigenvalue weighted by molar-refractivity contribution is 5.68. The van der Waals surface area contributed by atoms with Gasteiger partial charge in [0.1, 0.15) is 18.1 Å². The average molecular weight is 332 g/mol. The zero-order valence-corrected chi connectivity index (χ0v) is 13.8. The highest BCUT2D eigenvalue weighted by Gasteiger charge is 2.46. The second kappa shape index (κ2) is 6.13. The van der Waals surface area contributed by atoms with E-state index >= 15 is 0 Å². The van der Waals surface area contributed by atoms with E-state index in [0.717, 1.165) is 5.56 Å². The molecule has 0 saturated carbocycles. The molecule has 3 rings (SSSR count). The largest absolute Gasteiger partial charge is 0.508 e. The van der Waals surface area contributed by atoms with Crippen molar-refractivity contribution >= 4 is 0 Å². The van der Waals surface area contributed by atoms with Gasteiger partial charge in [-0.1, -0.05) is 12.1 Å². The standard InChI is InChI=1S/C18H20O6/c1-21-14-8-13-15(17(23-3)16(14)22-2)18(9-19,10-24-13)11-4-6-12(20)7-5-11/h4-8,19-20H,9-10H2,1-3H3. The Kier molecular flexibility index (Phi) is 4.15. The molecular formula is C18H20O6. The zero-order valence-electron chi connectivity index (χ0n) is 13.8. The molecule has 0 aromatic heterocycles. The molecule has 6 nitrogen and oxygen atoms in total. The smallest absolute Gasteiger partial charge is 0.203 e. The number of benzene rings is 2. The Morgan fingerprint density at radius 2 is 1.71 bits per heavy atom. The van der Waals surface area contributed by atoms with Crippen molar-refractivity contribution < 1.29 is 29.2 Å². The summed E-state index contributed by atoms with van der Waals surface area (Å²) in [6, 6.07) is 8.42. The highest BCUT2D eigenvalue weighted by atomic mass is 16.5. The second-order valence-corrected chi connectivity index (χ2v) is 5.59. The van der Waals surface area contributed by atoms with Gasteiger partial charge in [-0.2, -0.15) is 0 Å². The van der Waals surface area contributed by atoms with Crippen molar-refractivity contribution in [3.05, 3.63) is 41.5 Å². The maximum atomic E-state index is 10.2. The number of aliphatic hydroxyl groups excluding tert-OH is 1. The maximum absolute atomic E-state index is 10.2. The SMILES string of the molecule is COc1cc2c(c(OC)c1OC)C(CO)(c1ccc(O)cc1)CO2. The van der Waals surface area contributed by atoms with Crippen LogP contribution >= 0.6 is 0 Å². The van der Waals surface area contributed by atoms with Crippen LogP contribution in [-0.2, 0) is 5.41 Å². The molecule has 0 radical (unpaired) electrons. The van der Waals surface area contributed by atoms with Crippen LogP contribution in [-0.4, -0.2) is 44.8 Å². The van der Waals surface area contributed by atoms with E-state index in [4.69, 9.17) is 18.9 Å². The second-order valence-electron chi connectivity index (χ2n) is 5.59. The molecule has 0 amide bonds. The monoisotopic (exact) mass is 332 g/mol. The Balaban J connectivity index is 2.28. The summed E-state index contributed by atoms with van der Waals surface area (Å²) in [4.78, 5) is 0. The van der Waals surface area contributed by atoms with Gasteiger partial charge in [0, 0.05) is 6.07 Å². The number of aliphatic hydroxyl groups is 1. The third-order valence-corrected chi connectivity index (χ3v) is 4.44. The van der Waals surface area contributed by atoms with Crippen LogP contribution < -0.4 is 18.9 Å². The number of ether oxygens (including phenoxy) is 4. The van der Waals surface area contributed by atoms with Crippen LogP contribution in [0.1, 0.15) is 11.1 Å². The number of methoxy groups -OCH3 is 3. The van der Waals surface area contributed by atoms with E-state index in [1.807, 2.05) is 0 Å². The van der Waals surface area contributed by atoms with Gasteiger partial charge in [-0.25, -0.2) is 0 Å². The summed E-state index contributed by atoms with van der Waals surface area (Å²) in [6.45, 7) is 0.0624. The molecule has 2 aromatic rings. The molecule has 6 heteroatoms. The van der Waals surface area contributed by atoms with Gasteiger partial charge in [-0.05, 0) is 17.7 Å². The van der Waals surface area contributed by atoms with Crippen LogP contribution in [0.3, 0.4) is 0 Å². The third kappa shape index (κ3) is 2.22. The van der Waals surface area contributed by atoms with Crippen molar-refractivity contribution in [3.8, 4) is 28.7 Å². The van der Waals surface area contributed by atoms with E-state index < -0.39 is 5.41 Å². The first kappa shape index (κ1) is 16.3. The fourth-order valence-electron chi connectivity index (χ4n) is 3.20. The maximum Gasteiger partial charge on any atom is 0.203 e. The van der Waals surface area contributed by atoms with E-state index in [9.17, 15) is 10.2 Å². The molecule has 2 aromatic carbocycles. The van der Waals surface area contributed by atoms with Crippen molar-refractivity contribution in [2.75, 3.05) is 34.5 Å². The molecule has 1 aliphatic heterocycles. The number of aromatic hydroxyl groups is 1.